The van der Waals surface area contributed by atoms with E-state index >= 15 is 0 Å². The molecule has 2 aromatic rings. The first-order valence-electron chi connectivity index (χ1n) is 7.08. The molecule has 0 radical (unpaired) electrons. The van der Waals surface area contributed by atoms with Crippen LogP contribution in [0.2, 0.25) is 0 Å². The van der Waals surface area contributed by atoms with Gasteiger partial charge in [-0.1, -0.05) is 31.5 Å². The third-order valence-corrected chi connectivity index (χ3v) is 2.62. The van der Waals surface area contributed by atoms with Crippen molar-refractivity contribution in [1.29, 1.82) is 0 Å². The van der Waals surface area contributed by atoms with Crippen LogP contribution in [0.4, 0.5) is 0 Å². The van der Waals surface area contributed by atoms with Gasteiger partial charge in [-0.2, -0.15) is 0 Å². The van der Waals surface area contributed by atoms with Crippen LogP contribution in [0.5, 0.6) is 0 Å². The molecule has 0 saturated heterocycles. The highest BCUT2D eigenvalue weighted by molar-refractivity contribution is 6.27. The third-order valence-electron chi connectivity index (χ3n) is 2.62. The number of hydrogen-bond acceptors (Lipinski definition) is 5. The van der Waals surface area contributed by atoms with Gasteiger partial charge in [0, 0.05) is 11.8 Å². The Morgan fingerprint density at radius 2 is 1.36 bits per heavy atom. The SMILES string of the molecule is CCCCc1cc2ccccc2o1.O=C(O)C(=O)O.O=C(O)C(=O)O. The lowest BCUT2D eigenvalue weighted by molar-refractivity contribution is -0.159. The maximum Gasteiger partial charge on any atom is 0.414 e. The van der Waals surface area contributed by atoms with Crippen molar-refractivity contribution in [1.82, 2.24) is 0 Å². The van der Waals surface area contributed by atoms with Gasteiger partial charge in [0.2, 0.25) is 0 Å². The van der Waals surface area contributed by atoms with Gasteiger partial charge in [-0.05, 0) is 18.6 Å². The molecule has 0 unspecified atom stereocenters. The zero-order valence-electron chi connectivity index (χ0n) is 13.3. The molecule has 0 aliphatic heterocycles. The number of unbranched alkanes of at least 4 members (excludes halogenated alkanes) is 1. The number of aliphatic carboxylic acids is 4. The maximum atomic E-state index is 9.10. The predicted octanol–water partition coefficient (Wildman–Crippen LogP) is 2.09. The molecule has 9 heteroatoms. The molecular weight excluding hydrogens is 336 g/mol. The van der Waals surface area contributed by atoms with Crippen molar-refractivity contribution in [3.63, 3.8) is 0 Å². The standard InChI is InChI=1S/C12H14O.2C2H2O4/c1-2-3-7-11-9-10-6-4-5-8-12(10)13-11;2*3-1(4)2(5)6/h4-6,8-9H,2-3,7H2,1H3;2*(H,3,4)(H,5,6). The molecule has 2 rings (SSSR count). The van der Waals surface area contributed by atoms with Crippen molar-refractivity contribution in [2.45, 2.75) is 26.2 Å². The summed E-state index contributed by atoms with van der Waals surface area (Å²) in [6.45, 7) is 2.20. The molecule has 1 heterocycles. The Labute approximate surface area is 142 Å². The lowest BCUT2D eigenvalue weighted by Crippen LogP contribution is -2.09. The maximum absolute atomic E-state index is 9.10. The lowest BCUT2D eigenvalue weighted by Gasteiger charge is -1.90. The summed E-state index contributed by atoms with van der Waals surface area (Å²) in [5.74, 6) is -6.18. The molecule has 9 nitrogen and oxygen atoms in total. The van der Waals surface area contributed by atoms with Crippen molar-refractivity contribution in [3.05, 3.63) is 36.1 Å². The minimum atomic E-state index is -1.82. The van der Waals surface area contributed by atoms with Crippen molar-refractivity contribution in [2.24, 2.45) is 0 Å². The van der Waals surface area contributed by atoms with Crippen molar-refractivity contribution < 1.29 is 44.0 Å². The summed E-state index contributed by atoms with van der Waals surface area (Å²) in [5, 5.41) is 30.8. The van der Waals surface area contributed by atoms with Crippen molar-refractivity contribution in [2.75, 3.05) is 0 Å². The van der Waals surface area contributed by atoms with E-state index in [1.165, 1.54) is 18.2 Å². The van der Waals surface area contributed by atoms with E-state index in [0.29, 0.717) is 0 Å². The second kappa shape index (κ2) is 11.2. The summed E-state index contributed by atoms with van der Waals surface area (Å²) < 4.78 is 5.67. The van der Waals surface area contributed by atoms with Gasteiger partial charge in [0.15, 0.2) is 0 Å². The average molecular weight is 354 g/mol. The molecule has 4 N–H and O–H groups in total. The first-order valence-corrected chi connectivity index (χ1v) is 7.08. The highest BCUT2D eigenvalue weighted by Gasteiger charge is 2.04. The lowest BCUT2D eigenvalue weighted by atomic mass is 10.2. The Morgan fingerprint density at radius 1 is 0.880 bits per heavy atom. The van der Waals surface area contributed by atoms with E-state index in [1.54, 1.807) is 0 Å². The molecule has 136 valence electrons. The fraction of sp³-hybridized carbons (Fsp3) is 0.250. The average Bonchev–Trinajstić information content (AvgIpc) is 2.96. The van der Waals surface area contributed by atoms with Gasteiger partial charge in [-0.3, -0.25) is 0 Å². The smallest absolute Gasteiger partial charge is 0.414 e. The number of para-hydroxylation sites is 1. The van der Waals surface area contributed by atoms with Gasteiger partial charge in [0.1, 0.15) is 11.3 Å². The summed E-state index contributed by atoms with van der Waals surface area (Å²) in [5.41, 5.74) is 1.01. The van der Waals surface area contributed by atoms with Gasteiger partial charge in [-0.15, -0.1) is 0 Å². The minimum Gasteiger partial charge on any atom is -0.473 e. The van der Waals surface area contributed by atoms with Gasteiger partial charge in [0.25, 0.3) is 0 Å². The van der Waals surface area contributed by atoms with Crippen LogP contribution >= 0.6 is 0 Å². The number of fused-ring (bicyclic) bond motifs is 1. The molecule has 0 fully saturated rings. The molecule has 0 saturated carbocycles. The van der Waals surface area contributed by atoms with Gasteiger partial charge in [-0.25, -0.2) is 19.2 Å². The summed E-state index contributed by atoms with van der Waals surface area (Å²) in [4.78, 5) is 36.4. The first-order chi connectivity index (χ1) is 11.7. The van der Waals surface area contributed by atoms with Crippen LogP contribution in [0.15, 0.2) is 34.7 Å². The summed E-state index contributed by atoms with van der Waals surface area (Å²) in [6.07, 6.45) is 3.49. The molecular formula is C16H18O9. The topological polar surface area (TPSA) is 162 Å². The number of carboxylic acids is 4. The molecule has 0 atom stereocenters. The Hall–Kier alpha value is -3.36. The Bertz CT molecular complexity index is 649. The zero-order valence-corrected chi connectivity index (χ0v) is 13.3. The number of furan rings is 1. The fourth-order valence-corrected chi connectivity index (χ4v) is 1.51. The third kappa shape index (κ3) is 9.39. The molecule has 0 aliphatic rings. The number of carbonyl (C=O) groups is 4. The van der Waals surface area contributed by atoms with Crippen LogP contribution in [0.25, 0.3) is 11.0 Å². The molecule has 25 heavy (non-hydrogen) atoms. The summed E-state index contributed by atoms with van der Waals surface area (Å²) >= 11 is 0. The highest BCUT2D eigenvalue weighted by Crippen LogP contribution is 2.19. The Balaban J connectivity index is 0.000000406. The molecule has 0 amide bonds. The minimum absolute atomic E-state index is 1.01. The number of rotatable bonds is 3. The van der Waals surface area contributed by atoms with Crippen LogP contribution in [0.1, 0.15) is 25.5 Å². The van der Waals surface area contributed by atoms with Gasteiger partial charge < -0.3 is 24.8 Å². The van der Waals surface area contributed by atoms with E-state index in [0.717, 1.165) is 17.8 Å². The number of aryl methyl sites for hydroxylation is 1. The summed E-state index contributed by atoms with van der Waals surface area (Å²) in [7, 11) is 0. The highest BCUT2D eigenvalue weighted by atomic mass is 16.4. The largest absolute Gasteiger partial charge is 0.473 e. The van der Waals surface area contributed by atoms with Crippen molar-refractivity contribution >= 4 is 34.8 Å². The second-order valence-corrected chi connectivity index (χ2v) is 4.57. The number of carboxylic acid groups (broad SMARTS) is 4. The quantitative estimate of drug-likeness (QED) is 0.604. The molecule has 1 aromatic carbocycles. The first kappa shape index (κ1) is 21.6. The van der Waals surface area contributed by atoms with E-state index < -0.39 is 23.9 Å². The van der Waals surface area contributed by atoms with Crippen LogP contribution in [0, 0.1) is 0 Å². The summed E-state index contributed by atoms with van der Waals surface area (Å²) in [6, 6.07) is 10.3. The molecule has 0 spiro atoms. The number of benzene rings is 1. The second-order valence-electron chi connectivity index (χ2n) is 4.57. The van der Waals surface area contributed by atoms with Crippen LogP contribution in [-0.4, -0.2) is 44.3 Å². The fourth-order valence-electron chi connectivity index (χ4n) is 1.51. The van der Waals surface area contributed by atoms with E-state index in [1.807, 2.05) is 18.2 Å². The normalized spacial score (nSPS) is 9.16. The van der Waals surface area contributed by atoms with E-state index in [4.69, 9.17) is 44.0 Å². The van der Waals surface area contributed by atoms with Crippen LogP contribution in [0.3, 0.4) is 0 Å². The molecule has 0 aliphatic carbocycles. The number of hydrogen-bond donors (Lipinski definition) is 4. The zero-order chi connectivity index (χ0) is 19.4. The molecule has 0 bridgehead atoms. The monoisotopic (exact) mass is 354 g/mol. The Morgan fingerprint density at radius 3 is 1.76 bits per heavy atom. The van der Waals surface area contributed by atoms with Gasteiger partial charge >= 0.3 is 23.9 Å². The van der Waals surface area contributed by atoms with Crippen LogP contribution < -0.4 is 0 Å². The predicted molar refractivity (Wildman–Crippen MR) is 85.4 cm³/mol. The van der Waals surface area contributed by atoms with Crippen LogP contribution in [-0.2, 0) is 25.6 Å². The Kier molecular flexibility index (Phi) is 9.71. The van der Waals surface area contributed by atoms with E-state index in [-0.39, 0.29) is 0 Å². The van der Waals surface area contributed by atoms with E-state index in [2.05, 4.69) is 19.1 Å². The van der Waals surface area contributed by atoms with Gasteiger partial charge in [0.05, 0.1) is 0 Å². The van der Waals surface area contributed by atoms with E-state index in [9.17, 15) is 0 Å². The van der Waals surface area contributed by atoms with Crippen molar-refractivity contribution in [3.8, 4) is 0 Å². The molecule has 1 aromatic heterocycles.